The van der Waals surface area contributed by atoms with Gasteiger partial charge in [0.15, 0.2) is 0 Å². The van der Waals surface area contributed by atoms with Gasteiger partial charge in [-0.1, -0.05) is 6.92 Å². The Hall–Kier alpha value is -0.610. The molecule has 0 radical (unpaired) electrons. The molecule has 1 N–H and O–H groups in total. The summed E-state index contributed by atoms with van der Waals surface area (Å²) in [6, 6.07) is 0. The number of ether oxygens (including phenoxy) is 1. The van der Waals surface area contributed by atoms with Crippen molar-refractivity contribution in [2.75, 3.05) is 26.7 Å². The van der Waals surface area contributed by atoms with Gasteiger partial charge in [0.05, 0.1) is 11.6 Å². The van der Waals surface area contributed by atoms with Crippen LogP contribution in [0.15, 0.2) is 0 Å². The number of likely N-dealkylation sites (tertiary alicyclic amines) is 1. The third kappa shape index (κ3) is 2.92. The standard InChI is InChI=1S/C11H22N2O2/c1-5-12-11(2,3)10(14)13-7-6-9(8-13)15-4/h9,12H,5-8H2,1-4H3. The number of nitrogens with one attached hydrogen (secondary N) is 1. The lowest BCUT2D eigenvalue weighted by Gasteiger charge is -2.29. The summed E-state index contributed by atoms with van der Waals surface area (Å²) in [5.74, 6) is 0.170. The normalized spacial score (nSPS) is 22.1. The lowest BCUT2D eigenvalue weighted by Crippen LogP contribution is -2.53. The summed E-state index contributed by atoms with van der Waals surface area (Å²) in [5, 5.41) is 3.20. The molecule has 0 saturated carbocycles. The van der Waals surface area contributed by atoms with Gasteiger partial charge in [0.2, 0.25) is 5.91 Å². The molecular formula is C11H22N2O2. The maximum atomic E-state index is 12.1. The Bertz CT molecular complexity index is 229. The van der Waals surface area contributed by atoms with E-state index >= 15 is 0 Å². The maximum Gasteiger partial charge on any atom is 0.242 e. The minimum absolute atomic E-state index is 0.170. The van der Waals surface area contributed by atoms with Gasteiger partial charge in [-0.2, -0.15) is 0 Å². The Morgan fingerprint density at radius 1 is 1.60 bits per heavy atom. The molecule has 4 nitrogen and oxygen atoms in total. The molecule has 1 saturated heterocycles. The number of likely N-dealkylation sites (N-methyl/N-ethyl adjacent to an activating group) is 1. The zero-order chi connectivity index (χ0) is 11.5. The lowest BCUT2D eigenvalue weighted by atomic mass is 10.0. The van der Waals surface area contributed by atoms with E-state index in [-0.39, 0.29) is 12.0 Å². The summed E-state index contributed by atoms with van der Waals surface area (Å²) in [6.07, 6.45) is 1.16. The zero-order valence-corrected chi connectivity index (χ0v) is 10.2. The zero-order valence-electron chi connectivity index (χ0n) is 10.2. The van der Waals surface area contributed by atoms with Crippen LogP contribution in [0, 0.1) is 0 Å². The maximum absolute atomic E-state index is 12.1. The van der Waals surface area contributed by atoms with Crippen LogP contribution in [0.3, 0.4) is 0 Å². The molecule has 0 aromatic carbocycles. The first-order valence-corrected chi connectivity index (χ1v) is 5.58. The van der Waals surface area contributed by atoms with Crippen molar-refractivity contribution in [1.82, 2.24) is 10.2 Å². The highest BCUT2D eigenvalue weighted by atomic mass is 16.5. The molecule has 88 valence electrons. The van der Waals surface area contributed by atoms with Crippen LogP contribution < -0.4 is 5.32 Å². The Labute approximate surface area is 92.0 Å². The molecule has 1 unspecified atom stereocenters. The molecule has 0 bridgehead atoms. The molecule has 1 atom stereocenters. The largest absolute Gasteiger partial charge is 0.380 e. The monoisotopic (exact) mass is 214 g/mol. The van der Waals surface area contributed by atoms with Gasteiger partial charge < -0.3 is 15.0 Å². The number of nitrogens with zero attached hydrogens (tertiary/aromatic N) is 1. The first kappa shape index (κ1) is 12.5. The number of hydrogen-bond acceptors (Lipinski definition) is 3. The highest BCUT2D eigenvalue weighted by Gasteiger charge is 2.35. The second-order valence-corrected chi connectivity index (χ2v) is 4.55. The van der Waals surface area contributed by atoms with E-state index in [1.54, 1.807) is 7.11 Å². The number of methoxy groups -OCH3 is 1. The Morgan fingerprint density at radius 3 is 2.73 bits per heavy atom. The minimum Gasteiger partial charge on any atom is -0.380 e. The molecule has 1 amide bonds. The van der Waals surface area contributed by atoms with E-state index in [0.717, 1.165) is 26.1 Å². The molecule has 1 aliphatic heterocycles. The minimum atomic E-state index is -0.461. The second-order valence-electron chi connectivity index (χ2n) is 4.55. The lowest BCUT2D eigenvalue weighted by molar-refractivity contribution is -0.136. The van der Waals surface area contributed by atoms with Gasteiger partial charge in [-0.15, -0.1) is 0 Å². The molecule has 4 heteroatoms. The first-order valence-electron chi connectivity index (χ1n) is 5.58. The number of rotatable bonds is 4. The van der Waals surface area contributed by atoms with Crippen LogP contribution in [0.4, 0.5) is 0 Å². The van der Waals surface area contributed by atoms with Crippen LogP contribution in [-0.2, 0) is 9.53 Å². The number of amides is 1. The SMILES string of the molecule is CCNC(C)(C)C(=O)N1CCC(OC)C1. The van der Waals surface area contributed by atoms with Crippen molar-refractivity contribution in [2.24, 2.45) is 0 Å². The predicted octanol–water partition coefficient (Wildman–Crippen LogP) is 0.622. The van der Waals surface area contributed by atoms with E-state index in [1.807, 2.05) is 25.7 Å². The highest BCUT2D eigenvalue weighted by molar-refractivity contribution is 5.85. The van der Waals surface area contributed by atoms with Crippen molar-refractivity contribution in [3.63, 3.8) is 0 Å². The average Bonchev–Trinajstić information content (AvgIpc) is 2.64. The van der Waals surface area contributed by atoms with Gasteiger partial charge in [-0.3, -0.25) is 4.79 Å². The fourth-order valence-corrected chi connectivity index (χ4v) is 2.02. The molecule has 1 fully saturated rings. The molecule has 0 spiro atoms. The van der Waals surface area contributed by atoms with Crippen molar-refractivity contribution >= 4 is 5.91 Å². The van der Waals surface area contributed by atoms with Crippen molar-refractivity contribution < 1.29 is 9.53 Å². The van der Waals surface area contributed by atoms with E-state index in [1.165, 1.54) is 0 Å². The fraction of sp³-hybridized carbons (Fsp3) is 0.909. The van der Waals surface area contributed by atoms with E-state index in [2.05, 4.69) is 5.32 Å². The van der Waals surface area contributed by atoms with Crippen LogP contribution in [0.5, 0.6) is 0 Å². The summed E-state index contributed by atoms with van der Waals surface area (Å²) >= 11 is 0. The molecular weight excluding hydrogens is 192 g/mol. The van der Waals surface area contributed by atoms with Crippen molar-refractivity contribution in [3.8, 4) is 0 Å². The highest BCUT2D eigenvalue weighted by Crippen LogP contribution is 2.16. The van der Waals surface area contributed by atoms with Gasteiger partial charge in [0, 0.05) is 20.2 Å². The molecule has 1 rings (SSSR count). The second kappa shape index (κ2) is 4.94. The Balaban J connectivity index is 2.54. The van der Waals surface area contributed by atoms with Crippen LogP contribution in [0.2, 0.25) is 0 Å². The number of hydrogen-bond donors (Lipinski definition) is 1. The van der Waals surface area contributed by atoms with Crippen LogP contribution in [0.25, 0.3) is 0 Å². The molecule has 1 aliphatic rings. The first-order chi connectivity index (χ1) is 7.01. The Morgan fingerprint density at radius 2 is 2.27 bits per heavy atom. The van der Waals surface area contributed by atoms with Gasteiger partial charge in [0.25, 0.3) is 0 Å². The summed E-state index contributed by atoms with van der Waals surface area (Å²) in [6.45, 7) is 8.21. The van der Waals surface area contributed by atoms with Crippen molar-refractivity contribution in [2.45, 2.75) is 38.8 Å². The fourth-order valence-electron chi connectivity index (χ4n) is 2.02. The Kier molecular flexibility index (Phi) is 4.11. The van der Waals surface area contributed by atoms with E-state index in [0.29, 0.717) is 0 Å². The topological polar surface area (TPSA) is 41.6 Å². The number of carbonyl (C=O) groups is 1. The van der Waals surface area contributed by atoms with Crippen molar-refractivity contribution in [3.05, 3.63) is 0 Å². The number of carbonyl (C=O) groups excluding carboxylic acids is 1. The van der Waals surface area contributed by atoms with Gasteiger partial charge in [-0.05, 0) is 26.8 Å². The third-order valence-corrected chi connectivity index (χ3v) is 2.92. The van der Waals surface area contributed by atoms with E-state index < -0.39 is 5.54 Å². The molecule has 1 heterocycles. The summed E-state index contributed by atoms with van der Waals surface area (Å²) in [5.41, 5.74) is -0.461. The molecule has 0 aromatic rings. The van der Waals surface area contributed by atoms with Crippen molar-refractivity contribution in [1.29, 1.82) is 0 Å². The predicted molar refractivity (Wildman–Crippen MR) is 59.7 cm³/mol. The molecule has 15 heavy (non-hydrogen) atoms. The average molecular weight is 214 g/mol. The van der Waals surface area contributed by atoms with E-state index in [9.17, 15) is 4.79 Å². The van der Waals surface area contributed by atoms with Gasteiger partial charge in [-0.25, -0.2) is 0 Å². The van der Waals surface area contributed by atoms with Crippen LogP contribution >= 0.6 is 0 Å². The van der Waals surface area contributed by atoms with Gasteiger partial charge >= 0.3 is 0 Å². The third-order valence-electron chi connectivity index (χ3n) is 2.92. The van der Waals surface area contributed by atoms with Crippen LogP contribution in [-0.4, -0.2) is 49.2 Å². The van der Waals surface area contributed by atoms with Gasteiger partial charge in [0.1, 0.15) is 0 Å². The summed E-state index contributed by atoms with van der Waals surface area (Å²) in [4.78, 5) is 14.0. The smallest absolute Gasteiger partial charge is 0.242 e. The summed E-state index contributed by atoms with van der Waals surface area (Å²) in [7, 11) is 1.70. The quantitative estimate of drug-likeness (QED) is 0.746. The van der Waals surface area contributed by atoms with Crippen LogP contribution in [0.1, 0.15) is 27.2 Å². The van der Waals surface area contributed by atoms with E-state index in [4.69, 9.17) is 4.74 Å². The molecule has 0 aromatic heterocycles. The summed E-state index contributed by atoms with van der Waals surface area (Å²) < 4.78 is 5.25. The molecule has 0 aliphatic carbocycles.